The molecule has 1 saturated heterocycles. The number of hydrogen-bond donors (Lipinski definition) is 1. The van der Waals surface area contributed by atoms with Crippen molar-refractivity contribution in [3.63, 3.8) is 0 Å². The molecule has 1 aliphatic heterocycles. The molecule has 0 radical (unpaired) electrons. The van der Waals surface area contributed by atoms with Gasteiger partial charge >= 0.3 is 0 Å². The van der Waals surface area contributed by atoms with Gasteiger partial charge in [-0.25, -0.2) is 12.8 Å². The standard InChI is InChI=1S/C13H18FNO3S/c1-9-6-11(14)7-10(2)12(9)19(17,18)15-5-4-13(3,16)8-15/h6-7,16H,4-5,8H2,1-3H3. The fraction of sp³-hybridized carbons (Fsp3) is 0.538. The number of sulfonamides is 1. The molecule has 1 heterocycles. The van der Waals surface area contributed by atoms with E-state index in [2.05, 4.69) is 0 Å². The SMILES string of the molecule is Cc1cc(F)cc(C)c1S(=O)(=O)N1CCC(C)(O)C1. The number of rotatable bonds is 2. The summed E-state index contributed by atoms with van der Waals surface area (Å²) in [5.74, 6) is -0.442. The van der Waals surface area contributed by atoms with Gasteiger partial charge in [0.05, 0.1) is 10.5 Å². The quantitative estimate of drug-likeness (QED) is 0.898. The molecule has 0 bridgehead atoms. The Morgan fingerprint density at radius 3 is 2.26 bits per heavy atom. The van der Waals surface area contributed by atoms with E-state index >= 15 is 0 Å². The van der Waals surface area contributed by atoms with Crippen LogP contribution in [0.15, 0.2) is 17.0 Å². The van der Waals surface area contributed by atoms with Crippen molar-refractivity contribution in [2.24, 2.45) is 0 Å². The van der Waals surface area contributed by atoms with Crippen LogP contribution >= 0.6 is 0 Å². The van der Waals surface area contributed by atoms with Gasteiger partial charge in [-0.1, -0.05) is 0 Å². The van der Waals surface area contributed by atoms with Crippen molar-refractivity contribution in [2.75, 3.05) is 13.1 Å². The summed E-state index contributed by atoms with van der Waals surface area (Å²) >= 11 is 0. The molecule has 0 amide bonds. The fourth-order valence-electron chi connectivity index (χ4n) is 2.54. The minimum Gasteiger partial charge on any atom is -0.389 e. The maximum Gasteiger partial charge on any atom is 0.243 e. The highest BCUT2D eigenvalue weighted by atomic mass is 32.2. The van der Waals surface area contributed by atoms with Gasteiger partial charge in [-0.05, 0) is 50.5 Å². The highest BCUT2D eigenvalue weighted by Gasteiger charge is 2.39. The number of aryl methyl sites for hydroxylation is 2. The lowest BCUT2D eigenvalue weighted by Crippen LogP contribution is -2.34. The molecule has 0 saturated carbocycles. The lowest BCUT2D eigenvalue weighted by molar-refractivity contribution is 0.0762. The number of hydrogen-bond acceptors (Lipinski definition) is 3. The first-order valence-electron chi connectivity index (χ1n) is 6.13. The zero-order valence-corrected chi connectivity index (χ0v) is 12.1. The third-order valence-corrected chi connectivity index (χ3v) is 5.59. The van der Waals surface area contributed by atoms with E-state index < -0.39 is 21.4 Å². The van der Waals surface area contributed by atoms with Gasteiger partial charge in [0, 0.05) is 13.1 Å². The van der Waals surface area contributed by atoms with Crippen LogP contribution in [-0.4, -0.2) is 36.5 Å². The van der Waals surface area contributed by atoms with Crippen molar-refractivity contribution in [3.05, 3.63) is 29.1 Å². The summed E-state index contributed by atoms with van der Waals surface area (Å²) in [5, 5.41) is 9.89. The first-order valence-corrected chi connectivity index (χ1v) is 7.57. The fourth-order valence-corrected chi connectivity index (χ4v) is 4.51. The summed E-state index contributed by atoms with van der Waals surface area (Å²) in [6.45, 7) is 5.14. The average molecular weight is 287 g/mol. The van der Waals surface area contributed by atoms with E-state index in [9.17, 15) is 17.9 Å². The molecular formula is C13H18FNO3S. The molecule has 1 aromatic carbocycles. The predicted molar refractivity (Wildman–Crippen MR) is 69.9 cm³/mol. The van der Waals surface area contributed by atoms with Gasteiger partial charge in [-0.2, -0.15) is 4.31 Å². The third-order valence-electron chi connectivity index (χ3n) is 3.44. The number of β-amino-alcohol motifs (C(OH)–C–C–N with tert-alkyl or cyclic N) is 1. The molecule has 6 heteroatoms. The molecule has 4 nitrogen and oxygen atoms in total. The van der Waals surface area contributed by atoms with Crippen LogP contribution in [0.4, 0.5) is 4.39 Å². The monoisotopic (exact) mass is 287 g/mol. The number of halogens is 1. The summed E-state index contributed by atoms with van der Waals surface area (Å²) in [7, 11) is -3.68. The molecule has 0 spiro atoms. The smallest absolute Gasteiger partial charge is 0.243 e. The maximum absolute atomic E-state index is 13.2. The number of benzene rings is 1. The van der Waals surface area contributed by atoms with Crippen LogP contribution in [-0.2, 0) is 10.0 Å². The van der Waals surface area contributed by atoms with Crippen LogP contribution < -0.4 is 0 Å². The normalized spacial score (nSPS) is 24.9. The lowest BCUT2D eigenvalue weighted by Gasteiger charge is -2.21. The van der Waals surface area contributed by atoms with Crippen LogP contribution in [0.25, 0.3) is 0 Å². The Bertz CT molecular complexity index is 587. The van der Waals surface area contributed by atoms with E-state index in [1.807, 2.05) is 0 Å². The van der Waals surface area contributed by atoms with Crippen molar-refractivity contribution in [2.45, 2.75) is 37.7 Å². The van der Waals surface area contributed by atoms with Crippen molar-refractivity contribution in [1.82, 2.24) is 4.31 Å². The second-order valence-electron chi connectivity index (χ2n) is 5.45. The molecular weight excluding hydrogens is 269 g/mol. The first-order chi connectivity index (χ1) is 8.63. The highest BCUT2D eigenvalue weighted by Crippen LogP contribution is 2.30. The Labute approximate surface area is 112 Å². The zero-order valence-electron chi connectivity index (χ0n) is 11.3. The first kappa shape index (κ1) is 14.4. The van der Waals surface area contributed by atoms with Gasteiger partial charge in [0.2, 0.25) is 10.0 Å². The lowest BCUT2D eigenvalue weighted by atomic mass is 10.1. The summed E-state index contributed by atoms with van der Waals surface area (Å²) in [6.07, 6.45) is 0.408. The molecule has 1 fully saturated rings. The van der Waals surface area contributed by atoms with Gasteiger partial charge in [0.15, 0.2) is 0 Å². The Morgan fingerprint density at radius 1 is 1.32 bits per heavy atom. The second-order valence-corrected chi connectivity index (χ2v) is 7.33. The molecule has 0 aromatic heterocycles. The summed E-state index contributed by atoms with van der Waals surface area (Å²) in [4.78, 5) is 0.145. The number of aliphatic hydroxyl groups is 1. The van der Waals surface area contributed by atoms with Gasteiger partial charge in [0.25, 0.3) is 0 Å². The highest BCUT2D eigenvalue weighted by molar-refractivity contribution is 7.89. The van der Waals surface area contributed by atoms with Gasteiger partial charge in [0.1, 0.15) is 5.82 Å². The molecule has 1 N–H and O–H groups in total. The minimum absolute atomic E-state index is 0.0750. The summed E-state index contributed by atoms with van der Waals surface area (Å²) in [6, 6.07) is 2.43. The van der Waals surface area contributed by atoms with Crippen LogP contribution in [0.5, 0.6) is 0 Å². The van der Waals surface area contributed by atoms with E-state index in [1.165, 1.54) is 16.4 Å². The van der Waals surface area contributed by atoms with E-state index in [-0.39, 0.29) is 18.0 Å². The third kappa shape index (κ3) is 2.66. The summed E-state index contributed by atoms with van der Waals surface area (Å²) < 4.78 is 39.6. The van der Waals surface area contributed by atoms with Gasteiger partial charge in [-0.15, -0.1) is 0 Å². The molecule has 2 rings (SSSR count). The van der Waals surface area contributed by atoms with Crippen molar-refractivity contribution in [3.8, 4) is 0 Å². The molecule has 19 heavy (non-hydrogen) atoms. The Balaban J connectivity index is 2.47. The molecule has 1 aromatic rings. The van der Waals surface area contributed by atoms with Gasteiger partial charge < -0.3 is 5.11 Å². The molecule has 106 valence electrons. The number of nitrogens with zero attached hydrogens (tertiary/aromatic N) is 1. The minimum atomic E-state index is -3.68. The van der Waals surface area contributed by atoms with Crippen molar-refractivity contribution in [1.29, 1.82) is 0 Å². The molecule has 1 unspecified atom stereocenters. The molecule has 1 atom stereocenters. The van der Waals surface area contributed by atoms with Crippen molar-refractivity contribution < 1.29 is 17.9 Å². The van der Waals surface area contributed by atoms with Crippen molar-refractivity contribution >= 4 is 10.0 Å². The average Bonchev–Trinajstić information content (AvgIpc) is 2.57. The van der Waals surface area contributed by atoms with E-state index in [0.717, 1.165) is 0 Å². The molecule has 0 aliphatic carbocycles. The molecule has 1 aliphatic rings. The second kappa shape index (κ2) is 4.54. The predicted octanol–water partition coefficient (Wildman–Crippen LogP) is 1.59. The topological polar surface area (TPSA) is 57.6 Å². The van der Waals surface area contributed by atoms with Crippen LogP contribution in [0.3, 0.4) is 0 Å². The maximum atomic E-state index is 13.2. The van der Waals surface area contributed by atoms with Crippen LogP contribution in [0, 0.1) is 19.7 Å². The Hall–Kier alpha value is -0.980. The summed E-state index contributed by atoms with van der Waals surface area (Å²) in [5.41, 5.74) is -0.206. The Morgan fingerprint density at radius 2 is 1.84 bits per heavy atom. The van der Waals surface area contributed by atoms with E-state index in [1.54, 1.807) is 20.8 Å². The Kier molecular flexibility index (Phi) is 3.45. The van der Waals surface area contributed by atoms with Crippen LogP contribution in [0.2, 0.25) is 0 Å². The van der Waals surface area contributed by atoms with E-state index in [0.29, 0.717) is 17.5 Å². The van der Waals surface area contributed by atoms with Crippen LogP contribution in [0.1, 0.15) is 24.5 Å². The van der Waals surface area contributed by atoms with Gasteiger partial charge in [-0.3, -0.25) is 0 Å². The largest absolute Gasteiger partial charge is 0.389 e. The zero-order chi connectivity index (χ0) is 14.4. The van der Waals surface area contributed by atoms with E-state index in [4.69, 9.17) is 0 Å².